The van der Waals surface area contributed by atoms with Crippen molar-refractivity contribution in [2.45, 2.75) is 19.8 Å². The fourth-order valence-electron chi connectivity index (χ4n) is 4.65. The Labute approximate surface area is 117 Å². The lowest BCUT2D eigenvalue weighted by Crippen LogP contribution is -2.37. The van der Waals surface area contributed by atoms with Gasteiger partial charge in [0.25, 0.3) is 0 Å². The summed E-state index contributed by atoms with van der Waals surface area (Å²) in [5.74, 6) is -1.76. The lowest BCUT2D eigenvalue weighted by molar-refractivity contribution is -0.149. The minimum absolute atomic E-state index is 0.00657. The first-order valence-corrected chi connectivity index (χ1v) is 7.00. The van der Waals surface area contributed by atoms with Gasteiger partial charge in [0.05, 0.1) is 12.5 Å². The van der Waals surface area contributed by atoms with Crippen LogP contribution in [0.4, 0.5) is 0 Å². The van der Waals surface area contributed by atoms with E-state index in [0.29, 0.717) is 12.0 Å². The number of hydrogen-bond acceptors (Lipinski definition) is 4. The zero-order valence-electron chi connectivity index (χ0n) is 11.4. The van der Waals surface area contributed by atoms with Gasteiger partial charge in [-0.1, -0.05) is 6.58 Å². The molecule has 5 heteroatoms. The van der Waals surface area contributed by atoms with E-state index in [0.717, 1.165) is 6.42 Å². The molecule has 0 aromatic carbocycles. The van der Waals surface area contributed by atoms with Gasteiger partial charge in [-0.3, -0.25) is 9.59 Å². The Morgan fingerprint density at radius 1 is 1.35 bits per heavy atom. The average Bonchev–Trinajstić information content (AvgIpc) is 2.96. The van der Waals surface area contributed by atoms with E-state index >= 15 is 0 Å². The molecule has 3 fully saturated rings. The molecule has 1 N–H and O–H groups in total. The number of ether oxygens (including phenoxy) is 1. The van der Waals surface area contributed by atoms with Crippen molar-refractivity contribution in [1.29, 1.82) is 0 Å². The van der Waals surface area contributed by atoms with E-state index in [-0.39, 0.29) is 42.0 Å². The molecule has 0 aromatic rings. The molecule has 108 valence electrons. The summed E-state index contributed by atoms with van der Waals surface area (Å²) in [7, 11) is 0. The number of esters is 1. The molecule has 0 radical (unpaired) electrons. The van der Waals surface area contributed by atoms with Gasteiger partial charge in [-0.25, -0.2) is 4.79 Å². The van der Waals surface area contributed by atoms with Crippen LogP contribution >= 0.6 is 0 Å². The molecule has 0 aromatic heterocycles. The van der Waals surface area contributed by atoms with Gasteiger partial charge in [-0.2, -0.15) is 0 Å². The summed E-state index contributed by atoms with van der Waals surface area (Å²) in [5, 5.41) is 9.38. The van der Waals surface area contributed by atoms with Crippen molar-refractivity contribution in [2.24, 2.45) is 35.5 Å². The lowest BCUT2D eigenvalue weighted by atomic mass is 9.73. The van der Waals surface area contributed by atoms with E-state index in [1.165, 1.54) is 0 Å². The summed E-state index contributed by atoms with van der Waals surface area (Å²) in [6.45, 7) is 5.32. The molecule has 2 bridgehead atoms. The Morgan fingerprint density at radius 2 is 2.05 bits per heavy atom. The predicted molar refractivity (Wildman–Crippen MR) is 68.6 cm³/mol. The minimum atomic E-state index is -0.882. The smallest absolute Gasteiger partial charge is 0.333 e. The molecule has 0 heterocycles. The highest BCUT2D eigenvalue weighted by Gasteiger charge is 2.66. The lowest BCUT2D eigenvalue weighted by Gasteiger charge is -2.31. The largest absolute Gasteiger partial charge is 0.481 e. The second-order valence-electron chi connectivity index (χ2n) is 6.33. The maximum atomic E-state index is 12.0. The molecule has 3 aliphatic carbocycles. The number of carbonyl (C=O) groups is 3. The first-order valence-electron chi connectivity index (χ1n) is 7.00. The van der Waals surface area contributed by atoms with E-state index in [1.807, 2.05) is 0 Å². The Morgan fingerprint density at radius 3 is 2.65 bits per heavy atom. The summed E-state index contributed by atoms with van der Waals surface area (Å²) in [6.07, 6.45) is 1.23. The monoisotopic (exact) mass is 278 g/mol. The van der Waals surface area contributed by atoms with E-state index < -0.39 is 17.9 Å². The Hall–Kier alpha value is -1.65. The first-order chi connectivity index (χ1) is 9.41. The second kappa shape index (κ2) is 4.43. The van der Waals surface area contributed by atoms with Crippen LogP contribution in [-0.4, -0.2) is 29.4 Å². The van der Waals surface area contributed by atoms with E-state index in [1.54, 1.807) is 6.92 Å². The number of ketones is 1. The Balaban J connectivity index is 1.77. The van der Waals surface area contributed by atoms with E-state index in [2.05, 4.69) is 6.58 Å². The number of carbonyl (C=O) groups excluding carboxylic acids is 2. The molecule has 5 nitrogen and oxygen atoms in total. The van der Waals surface area contributed by atoms with Gasteiger partial charge in [0.1, 0.15) is 5.78 Å². The molecule has 3 rings (SSSR count). The van der Waals surface area contributed by atoms with Gasteiger partial charge in [-0.15, -0.1) is 0 Å². The summed E-state index contributed by atoms with van der Waals surface area (Å²) in [4.78, 5) is 34.9. The van der Waals surface area contributed by atoms with Gasteiger partial charge >= 0.3 is 11.9 Å². The molecule has 20 heavy (non-hydrogen) atoms. The summed E-state index contributed by atoms with van der Waals surface area (Å²) in [6, 6.07) is 0. The number of rotatable bonds is 4. The number of Topliss-reactive ketones (excluding diaryl/α,β-unsaturated/α-hetero) is 1. The SMILES string of the molecule is C=C(C)C(=O)OCC1C2CC(=O)C3C2CC1C3C(=O)O. The van der Waals surface area contributed by atoms with Crippen LogP contribution in [0.5, 0.6) is 0 Å². The topological polar surface area (TPSA) is 80.7 Å². The van der Waals surface area contributed by atoms with Crippen molar-refractivity contribution in [3.05, 3.63) is 12.2 Å². The molecular formula is C15H18O5. The first kappa shape index (κ1) is 13.3. The standard InChI is InChI=1S/C15H18O5/c1-6(2)15(19)20-5-10-7-4-11(16)12-8(7)3-9(10)13(12)14(17)18/h7-10,12-13H,1,3-5H2,2H3,(H,17,18). The van der Waals surface area contributed by atoms with Crippen LogP contribution in [0, 0.1) is 35.5 Å². The van der Waals surface area contributed by atoms with Crippen LogP contribution in [0.3, 0.4) is 0 Å². The summed E-state index contributed by atoms with van der Waals surface area (Å²) in [5.41, 5.74) is 0.336. The molecule has 6 unspecified atom stereocenters. The highest BCUT2D eigenvalue weighted by atomic mass is 16.5. The highest BCUT2D eigenvalue weighted by molar-refractivity contribution is 5.90. The Kier molecular flexibility index (Phi) is 2.96. The third kappa shape index (κ3) is 1.72. The van der Waals surface area contributed by atoms with Crippen LogP contribution in [-0.2, 0) is 19.1 Å². The molecule has 0 aliphatic heterocycles. The maximum Gasteiger partial charge on any atom is 0.333 e. The number of aliphatic carboxylic acids is 1. The van der Waals surface area contributed by atoms with E-state index in [4.69, 9.17) is 4.74 Å². The van der Waals surface area contributed by atoms with Crippen LogP contribution < -0.4 is 0 Å². The van der Waals surface area contributed by atoms with Crippen molar-refractivity contribution in [3.63, 3.8) is 0 Å². The van der Waals surface area contributed by atoms with Crippen molar-refractivity contribution in [3.8, 4) is 0 Å². The van der Waals surface area contributed by atoms with Crippen LogP contribution in [0.2, 0.25) is 0 Å². The third-order valence-electron chi connectivity index (χ3n) is 5.35. The fraction of sp³-hybridized carbons (Fsp3) is 0.667. The van der Waals surface area contributed by atoms with Gasteiger partial charge in [0.2, 0.25) is 0 Å². The minimum Gasteiger partial charge on any atom is -0.481 e. The maximum absolute atomic E-state index is 12.0. The average molecular weight is 278 g/mol. The van der Waals surface area contributed by atoms with Crippen molar-refractivity contribution in [2.75, 3.05) is 6.61 Å². The normalized spacial score (nSPS) is 41.0. The zero-order valence-corrected chi connectivity index (χ0v) is 11.4. The number of fused-ring (bicyclic) bond motifs is 1. The highest BCUT2D eigenvalue weighted by Crippen LogP contribution is 2.63. The van der Waals surface area contributed by atoms with Crippen LogP contribution in [0.15, 0.2) is 12.2 Å². The fourth-order valence-corrected chi connectivity index (χ4v) is 4.65. The quantitative estimate of drug-likeness (QED) is 0.619. The van der Waals surface area contributed by atoms with Gasteiger partial charge in [0.15, 0.2) is 0 Å². The predicted octanol–water partition coefficient (Wildman–Crippen LogP) is 1.28. The van der Waals surface area contributed by atoms with E-state index in [9.17, 15) is 19.5 Å². The van der Waals surface area contributed by atoms with Gasteiger partial charge in [-0.05, 0) is 31.1 Å². The molecular weight excluding hydrogens is 260 g/mol. The number of hydrogen-bond donors (Lipinski definition) is 1. The molecule has 0 amide bonds. The summed E-state index contributed by atoms with van der Waals surface area (Å²) < 4.78 is 5.21. The third-order valence-corrected chi connectivity index (χ3v) is 5.35. The molecule has 3 aliphatic rings. The van der Waals surface area contributed by atoms with Crippen LogP contribution in [0.1, 0.15) is 19.8 Å². The van der Waals surface area contributed by atoms with Crippen LogP contribution in [0.25, 0.3) is 0 Å². The zero-order chi connectivity index (χ0) is 14.6. The van der Waals surface area contributed by atoms with Crippen molar-refractivity contribution >= 4 is 17.7 Å². The van der Waals surface area contributed by atoms with Gasteiger partial charge < -0.3 is 9.84 Å². The number of carboxylic acid groups (broad SMARTS) is 1. The second-order valence-corrected chi connectivity index (χ2v) is 6.33. The molecule has 0 saturated heterocycles. The Bertz CT molecular complexity index is 508. The van der Waals surface area contributed by atoms with Gasteiger partial charge in [0, 0.05) is 23.8 Å². The molecule has 6 atom stereocenters. The number of carboxylic acids is 1. The van der Waals surface area contributed by atoms with Crippen molar-refractivity contribution < 1.29 is 24.2 Å². The molecule has 3 saturated carbocycles. The summed E-state index contributed by atoms with van der Waals surface area (Å²) >= 11 is 0. The molecule has 0 spiro atoms. The van der Waals surface area contributed by atoms with Crippen molar-refractivity contribution in [1.82, 2.24) is 0 Å².